The maximum absolute atomic E-state index is 5.07. The summed E-state index contributed by atoms with van der Waals surface area (Å²) in [7, 11) is 0. The number of aromatic nitrogens is 2. The van der Waals surface area contributed by atoms with Gasteiger partial charge in [0, 0.05) is 19.7 Å². The van der Waals surface area contributed by atoms with Crippen molar-refractivity contribution in [3.05, 3.63) is 56.7 Å². The first kappa shape index (κ1) is 14.8. The molecule has 0 saturated heterocycles. The molecule has 4 heteroatoms. The lowest BCUT2D eigenvalue weighted by Gasteiger charge is -2.17. The molecule has 0 saturated carbocycles. The van der Waals surface area contributed by atoms with Gasteiger partial charge in [-0.2, -0.15) is 0 Å². The van der Waals surface area contributed by atoms with Crippen LogP contribution in [0, 0.1) is 0 Å². The van der Waals surface area contributed by atoms with Gasteiger partial charge >= 0.3 is 0 Å². The van der Waals surface area contributed by atoms with Crippen molar-refractivity contribution in [3.8, 4) is 0 Å². The lowest BCUT2D eigenvalue weighted by molar-refractivity contribution is 0.655. The van der Waals surface area contributed by atoms with Gasteiger partial charge in [-0.15, -0.1) is 0 Å². The van der Waals surface area contributed by atoms with Crippen LogP contribution >= 0.6 is 31.9 Å². The van der Waals surface area contributed by atoms with E-state index < -0.39 is 0 Å². The van der Waals surface area contributed by atoms with Crippen molar-refractivity contribution in [3.63, 3.8) is 0 Å². The van der Waals surface area contributed by atoms with Gasteiger partial charge in [-0.25, -0.2) is 9.97 Å². The van der Waals surface area contributed by atoms with Gasteiger partial charge in [-0.05, 0) is 60.7 Å². The fourth-order valence-corrected chi connectivity index (χ4v) is 4.48. The number of hydrogen-bond acceptors (Lipinski definition) is 2. The van der Waals surface area contributed by atoms with E-state index in [1.165, 1.54) is 45.8 Å². The molecular formula is C20H14Br2N2. The molecule has 0 bridgehead atoms. The molecule has 118 valence electrons. The van der Waals surface area contributed by atoms with Gasteiger partial charge in [0.25, 0.3) is 0 Å². The summed E-state index contributed by atoms with van der Waals surface area (Å²) in [6.07, 6.45) is 4.52. The van der Waals surface area contributed by atoms with Crippen LogP contribution < -0.4 is 0 Å². The van der Waals surface area contributed by atoms with E-state index in [4.69, 9.17) is 9.97 Å². The summed E-state index contributed by atoms with van der Waals surface area (Å²) in [4.78, 5) is 10.1. The van der Waals surface area contributed by atoms with E-state index >= 15 is 0 Å². The minimum absolute atomic E-state index is 1.03. The van der Waals surface area contributed by atoms with Crippen LogP contribution in [-0.4, -0.2) is 9.97 Å². The summed E-state index contributed by atoms with van der Waals surface area (Å²) < 4.78 is 2.15. The minimum atomic E-state index is 1.03. The van der Waals surface area contributed by atoms with Crippen LogP contribution in [0.3, 0.4) is 0 Å². The standard InChI is InChI=1S/C20H14Br2N2/c21-11-5-7-13-14-8-6-12(22)10-16(14)20-19(15(13)9-11)23-17-3-1-2-4-18(17)24-20/h5-10H,1-4H2. The van der Waals surface area contributed by atoms with E-state index in [0.29, 0.717) is 0 Å². The molecule has 0 amide bonds. The van der Waals surface area contributed by atoms with Gasteiger partial charge in [-0.1, -0.05) is 44.0 Å². The smallest absolute Gasteiger partial charge is 0.0975 e. The molecule has 1 aromatic heterocycles. The number of rotatable bonds is 0. The SMILES string of the molecule is Brc1ccc2c3ccc(Br)cc3c3nc4c(nc3c2c1)CCCC4. The second-order valence-corrected chi connectivity index (χ2v) is 8.23. The highest BCUT2D eigenvalue weighted by Crippen LogP contribution is 2.37. The van der Waals surface area contributed by atoms with Gasteiger partial charge in [0.2, 0.25) is 0 Å². The number of fused-ring (bicyclic) bond motifs is 7. The molecule has 1 aliphatic carbocycles. The second kappa shape index (κ2) is 5.50. The highest BCUT2D eigenvalue weighted by molar-refractivity contribution is 9.10. The first-order valence-corrected chi connectivity index (χ1v) is 9.79. The van der Waals surface area contributed by atoms with E-state index in [2.05, 4.69) is 68.3 Å². The zero-order valence-corrected chi connectivity index (χ0v) is 16.1. The molecule has 0 atom stereocenters. The summed E-state index contributed by atoms with van der Waals surface area (Å²) in [6, 6.07) is 12.9. The Bertz CT molecular complexity index is 1040. The highest BCUT2D eigenvalue weighted by Gasteiger charge is 2.17. The first-order chi connectivity index (χ1) is 11.7. The monoisotopic (exact) mass is 440 g/mol. The predicted octanol–water partition coefficient (Wildman–Crippen LogP) is 6.34. The molecule has 2 nitrogen and oxygen atoms in total. The average Bonchev–Trinajstić information content (AvgIpc) is 2.60. The van der Waals surface area contributed by atoms with Gasteiger partial charge in [0.15, 0.2) is 0 Å². The second-order valence-electron chi connectivity index (χ2n) is 6.40. The van der Waals surface area contributed by atoms with Crippen LogP contribution in [0.4, 0.5) is 0 Å². The summed E-state index contributed by atoms with van der Waals surface area (Å²) >= 11 is 7.23. The topological polar surface area (TPSA) is 25.8 Å². The normalized spacial score (nSPS) is 14.4. The molecule has 3 aromatic carbocycles. The molecule has 0 N–H and O–H groups in total. The molecule has 0 radical (unpaired) electrons. The quantitative estimate of drug-likeness (QED) is 0.297. The number of hydrogen-bond donors (Lipinski definition) is 0. The molecule has 0 unspecified atom stereocenters. The molecule has 4 aromatic rings. The number of nitrogens with zero attached hydrogens (tertiary/aromatic N) is 2. The number of aryl methyl sites for hydroxylation is 2. The van der Waals surface area contributed by atoms with E-state index in [1.807, 2.05) is 0 Å². The third-order valence-corrected chi connectivity index (χ3v) is 5.88. The Morgan fingerprint density at radius 3 is 1.54 bits per heavy atom. The number of benzene rings is 3. The van der Waals surface area contributed by atoms with Crippen LogP contribution in [0.1, 0.15) is 24.2 Å². The summed E-state index contributed by atoms with van der Waals surface area (Å²) in [5.74, 6) is 0. The van der Waals surface area contributed by atoms with Crippen molar-refractivity contribution in [2.24, 2.45) is 0 Å². The van der Waals surface area contributed by atoms with Crippen LogP contribution in [0.5, 0.6) is 0 Å². The average molecular weight is 442 g/mol. The summed E-state index contributed by atoms with van der Waals surface area (Å²) in [5.41, 5.74) is 4.42. The third kappa shape index (κ3) is 2.20. The molecule has 1 heterocycles. The Labute approximate surface area is 156 Å². The van der Waals surface area contributed by atoms with Gasteiger partial charge in [-0.3, -0.25) is 0 Å². The predicted molar refractivity (Wildman–Crippen MR) is 107 cm³/mol. The van der Waals surface area contributed by atoms with Crippen LogP contribution in [0.15, 0.2) is 45.3 Å². The van der Waals surface area contributed by atoms with E-state index in [9.17, 15) is 0 Å². The third-order valence-electron chi connectivity index (χ3n) is 4.89. The molecule has 0 fully saturated rings. The van der Waals surface area contributed by atoms with Crippen LogP contribution in [0.25, 0.3) is 32.6 Å². The minimum Gasteiger partial charge on any atom is -0.249 e. The van der Waals surface area contributed by atoms with Crippen LogP contribution in [0.2, 0.25) is 0 Å². The molecule has 24 heavy (non-hydrogen) atoms. The Balaban J connectivity index is 2.06. The molecule has 1 aliphatic rings. The summed E-state index contributed by atoms with van der Waals surface area (Å²) in [6.45, 7) is 0. The molecule has 0 spiro atoms. The Hall–Kier alpha value is -1.52. The zero-order chi connectivity index (χ0) is 16.3. The lowest BCUT2D eigenvalue weighted by atomic mass is 9.97. The van der Waals surface area contributed by atoms with Gasteiger partial charge in [0.1, 0.15) is 0 Å². The number of halogens is 2. The Morgan fingerprint density at radius 1 is 0.625 bits per heavy atom. The van der Waals surface area contributed by atoms with E-state index in [-0.39, 0.29) is 0 Å². The van der Waals surface area contributed by atoms with E-state index in [1.54, 1.807) is 0 Å². The van der Waals surface area contributed by atoms with Crippen molar-refractivity contribution in [1.29, 1.82) is 0 Å². The van der Waals surface area contributed by atoms with E-state index in [0.717, 1.165) is 32.8 Å². The molecular weight excluding hydrogens is 428 g/mol. The Morgan fingerprint density at radius 2 is 1.08 bits per heavy atom. The highest BCUT2D eigenvalue weighted by atomic mass is 79.9. The maximum atomic E-state index is 5.07. The van der Waals surface area contributed by atoms with Crippen molar-refractivity contribution >= 4 is 64.4 Å². The van der Waals surface area contributed by atoms with Crippen molar-refractivity contribution in [1.82, 2.24) is 9.97 Å². The maximum Gasteiger partial charge on any atom is 0.0975 e. The molecule has 5 rings (SSSR count). The zero-order valence-electron chi connectivity index (χ0n) is 12.9. The van der Waals surface area contributed by atoms with Crippen molar-refractivity contribution in [2.45, 2.75) is 25.7 Å². The van der Waals surface area contributed by atoms with Gasteiger partial charge < -0.3 is 0 Å². The summed E-state index contributed by atoms with van der Waals surface area (Å²) in [5, 5.41) is 4.82. The van der Waals surface area contributed by atoms with Crippen molar-refractivity contribution in [2.75, 3.05) is 0 Å². The Kier molecular flexibility index (Phi) is 3.39. The fraction of sp³-hybridized carbons (Fsp3) is 0.200. The molecule has 0 aliphatic heterocycles. The first-order valence-electron chi connectivity index (χ1n) is 8.21. The van der Waals surface area contributed by atoms with Gasteiger partial charge in [0.05, 0.1) is 22.4 Å². The largest absolute Gasteiger partial charge is 0.249 e. The fourth-order valence-electron chi connectivity index (χ4n) is 3.76. The van der Waals surface area contributed by atoms with Crippen molar-refractivity contribution < 1.29 is 0 Å². The van der Waals surface area contributed by atoms with Crippen LogP contribution in [-0.2, 0) is 12.8 Å². The lowest BCUT2D eigenvalue weighted by Crippen LogP contribution is -2.08.